The maximum Gasteiger partial charge on any atom is 0.416 e. The molecule has 0 saturated carbocycles. The summed E-state index contributed by atoms with van der Waals surface area (Å²) >= 11 is 0. The van der Waals surface area contributed by atoms with Gasteiger partial charge in [-0.25, -0.2) is 0 Å². The lowest BCUT2D eigenvalue weighted by atomic mass is 10.1. The van der Waals surface area contributed by atoms with Crippen LogP contribution < -0.4 is 5.73 Å². The molecule has 0 fully saturated rings. The van der Waals surface area contributed by atoms with Crippen LogP contribution in [0.1, 0.15) is 17.4 Å². The summed E-state index contributed by atoms with van der Waals surface area (Å²) < 4.78 is 47.2. The Morgan fingerprint density at radius 3 is 2.12 bits per heavy atom. The van der Waals surface area contributed by atoms with Crippen LogP contribution in [0.4, 0.5) is 18.9 Å². The fraction of sp³-hybridized carbons (Fsp3) is 0.400. The summed E-state index contributed by atoms with van der Waals surface area (Å²) in [5.74, 6) is 0. The van der Waals surface area contributed by atoms with Crippen LogP contribution in [0.15, 0.2) is 18.2 Å². The molecular formula is C10H12F3NO2. The minimum Gasteiger partial charge on any atom is -0.399 e. The molecule has 0 radical (unpaired) electrons. The van der Waals surface area contributed by atoms with Crippen LogP contribution in [0.25, 0.3) is 0 Å². The van der Waals surface area contributed by atoms with Crippen LogP contribution in [0, 0.1) is 0 Å². The van der Waals surface area contributed by atoms with Crippen LogP contribution in [-0.2, 0) is 15.7 Å². The number of nitrogens with two attached hydrogens (primary N) is 1. The molecule has 3 nitrogen and oxygen atoms in total. The van der Waals surface area contributed by atoms with Gasteiger partial charge in [0.15, 0.2) is 6.29 Å². The van der Waals surface area contributed by atoms with Crippen molar-refractivity contribution in [2.75, 3.05) is 20.0 Å². The zero-order valence-electron chi connectivity index (χ0n) is 8.84. The second-order valence-electron chi connectivity index (χ2n) is 3.19. The van der Waals surface area contributed by atoms with Crippen molar-refractivity contribution in [2.45, 2.75) is 12.5 Å². The Morgan fingerprint density at radius 1 is 1.12 bits per heavy atom. The summed E-state index contributed by atoms with van der Waals surface area (Å²) in [6.07, 6.45) is -5.29. The third-order valence-electron chi connectivity index (χ3n) is 2.01. The Morgan fingerprint density at radius 2 is 1.69 bits per heavy atom. The molecule has 16 heavy (non-hydrogen) atoms. The van der Waals surface area contributed by atoms with Crippen LogP contribution >= 0.6 is 0 Å². The van der Waals surface area contributed by atoms with Crippen LogP contribution in [0.5, 0.6) is 0 Å². The molecule has 1 aromatic carbocycles. The van der Waals surface area contributed by atoms with Gasteiger partial charge in [-0.1, -0.05) is 0 Å². The summed E-state index contributed by atoms with van der Waals surface area (Å²) in [7, 11) is 2.68. The van der Waals surface area contributed by atoms with Crippen LogP contribution in [-0.4, -0.2) is 14.2 Å². The number of alkyl halides is 3. The summed E-state index contributed by atoms with van der Waals surface area (Å²) in [6.45, 7) is 0. The SMILES string of the molecule is COC(OC)c1cc(N)cc(C(F)(F)F)c1. The van der Waals surface area contributed by atoms with Crippen molar-refractivity contribution in [3.05, 3.63) is 29.3 Å². The van der Waals surface area contributed by atoms with E-state index in [2.05, 4.69) is 0 Å². The van der Waals surface area contributed by atoms with Gasteiger partial charge in [0.05, 0.1) is 5.56 Å². The van der Waals surface area contributed by atoms with E-state index in [1.165, 1.54) is 20.3 Å². The van der Waals surface area contributed by atoms with E-state index in [0.717, 1.165) is 12.1 Å². The van der Waals surface area contributed by atoms with Crippen molar-refractivity contribution in [3.8, 4) is 0 Å². The number of hydrogen-bond donors (Lipinski definition) is 1. The predicted molar refractivity (Wildman–Crippen MR) is 52.6 cm³/mol. The standard InChI is InChI=1S/C10H12F3NO2/c1-15-9(16-2)6-3-7(10(11,12)13)5-8(14)4-6/h3-5,9H,14H2,1-2H3. The lowest BCUT2D eigenvalue weighted by Crippen LogP contribution is -2.10. The van der Waals surface area contributed by atoms with Crippen molar-refractivity contribution in [1.29, 1.82) is 0 Å². The highest BCUT2D eigenvalue weighted by Gasteiger charge is 2.31. The topological polar surface area (TPSA) is 44.5 Å². The molecule has 0 heterocycles. The first-order valence-electron chi connectivity index (χ1n) is 4.41. The van der Waals surface area contributed by atoms with Crippen molar-refractivity contribution in [3.63, 3.8) is 0 Å². The molecule has 0 spiro atoms. The Balaban J connectivity index is 3.17. The van der Waals surface area contributed by atoms with E-state index in [9.17, 15) is 13.2 Å². The first-order valence-corrected chi connectivity index (χ1v) is 4.41. The number of benzene rings is 1. The largest absolute Gasteiger partial charge is 0.416 e. The summed E-state index contributed by atoms with van der Waals surface area (Å²) in [5, 5.41) is 0. The fourth-order valence-corrected chi connectivity index (χ4v) is 1.34. The highest BCUT2D eigenvalue weighted by atomic mass is 19.4. The first kappa shape index (κ1) is 12.8. The van der Waals surface area contributed by atoms with E-state index >= 15 is 0 Å². The van der Waals surface area contributed by atoms with E-state index in [0.29, 0.717) is 0 Å². The zero-order valence-corrected chi connectivity index (χ0v) is 8.84. The van der Waals surface area contributed by atoms with E-state index in [1.54, 1.807) is 0 Å². The first-order chi connectivity index (χ1) is 7.38. The average Bonchev–Trinajstić information content (AvgIpc) is 2.17. The van der Waals surface area contributed by atoms with Gasteiger partial charge in [0.25, 0.3) is 0 Å². The highest BCUT2D eigenvalue weighted by Crippen LogP contribution is 2.33. The van der Waals surface area contributed by atoms with E-state index in [4.69, 9.17) is 15.2 Å². The molecule has 0 aliphatic carbocycles. The molecule has 2 N–H and O–H groups in total. The average molecular weight is 235 g/mol. The Bertz CT molecular complexity index is 362. The minimum atomic E-state index is -4.43. The molecule has 1 rings (SSSR count). The van der Waals surface area contributed by atoms with E-state index < -0.39 is 18.0 Å². The van der Waals surface area contributed by atoms with Gasteiger partial charge in [-0.05, 0) is 18.2 Å². The Kier molecular flexibility index (Phi) is 3.77. The lowest BCUT2D eigenvalue weighted by Gasteiger charge is -2.16. The molecular weight excluding hydrogens is 223 g/mol. The van der Waals surface area contributed by atoms with Gasteiger partial charge < -0.3 is 15.2 Å². The zero-order chi connectivity index (χ0) is 12.3. The minimum absolute atomic E-state index is 0.0175. The monoisotopic (exact) mass is 235 g/mol. The second-order valence-corrected chi connectivity index (χ2v) is 3.19. The maximum atomic E-state index is 12.5. The molecule has 0 saturated heterocycles. The molecule has 90 valence electrons. The molecule has 6 heteroatoms. The van der Waals surface area contributed by atoms with Gasteiger partial charge in [0.1, 0.15) is 0 Å². The second kappa shape index (κ2) is 4.71. The quantitative estimate of drug-likeness (QED) is 0.646. The van der Waals surface area contributed by atoms with Gasteiger partial charge in [0, 0.05) is 25.5 Å². The Labute approximate surface area is 91.0 Å². The third kappa shape index (κ3) is 2.86. The predicted octanol–water partition coefficient (Wildman–Crippen LogP) is 2.58. The molecule has 0 amide bonds. The number of anilines is 1. The number of ether oxygens (including phenoxy) is 2. The number of hydrogen-bond acceptors (Lipinski definition) is 3. The van der Waals surface area contributed by atoms with Gasteiger partial charge in [-0.2, -0.15) is 13.2 Å². The van der Waals surface area contributed by atoms with Gasteiger partial charge in [-0.15, -0.1) is 0 Å². The van der Waals surface area contributed by atoms with Crippen molar-refractivity contribution < 1.29 is 22.6 Å². The number of methoxy groups -OCH3 is 2. The number of halogens is 3. The van der Waals surface area contributed by atoms with Crippen molar-refractivity contribution in [1.82, 2.24) is 0 Å². The van der Waals surface area contributed by atoms with E-state index in [1.807, 2.05) is 0 Å². The highest BCUT2D eigenvalue weighted by molar-refractivity contribution is 5.46. The molecule has 0 aliphatic heterocycles. The van der Waals surface area contributed by atoms with Gasteiger partial charge >= 0.3 is 6.18 Å². The molecule has 0 atom stereocenters. The molecule has 0 bridgehead atoms. The smallest absolute Gasteiger partial charge is 0.399 e. The third-order valence-corrected chi connectivity index (χ3v) is 2.01. The van der Waals surface area contributed by atoms with E-state index in [-0.39, 0.29) is 11.3 Å². The Hall–Kier alpha value is -1.27. The summed E-state index contributed by atoms with van der Waals surface area (Å²) in [6, 6.07) is 3.20. The number of nitrogen functional groups attached to an aromatic ring is 1. The molecule has 0 aliphatic rings. The molecule has 1 aromatic rings. The van der Waals surface area contributed by atoms with Gasteiger partial charge in [0.2, 0.25) is 0 Å². The maximum absolute atomic E-state index is 12.5. The summed E-state index contributed by atoms with van der Waals surface area (Å²) in [5.41, 5.74) is 4.83. The summed E-state index contributed by atoms with van der Waals surface area (Å²) in [4.78, 5) is 0. The van der Waals surface area contributed by atoms with Crippen LogP contribution in [0.3, 0.4) is 0 Å². The normalized spacial score (nSPS) is 12.1. The van der Waals surface area contributed by atoms with Crippen molar-refractivity contribution >= 4 is 5.69 Å². The molecule has 0 aromatic heterocycles. The number of rotatable bonds is 3. The van der Waals surface area contributed by atoms with Crippen molar-refractivity contribution in [2.24, 2.45) is 0 Å². The van der Waals surface area contributed by atoms with Gasteiger partial charge in [-0.3, -0.25) is 0 Å². The lowest BCUT2D eigenvalue weighted by molar-refractivity contribution is -0.138. The molecule has 0 unspecified atom stereocenters. The fourth-order valence-electron chi connectivity index (χ4n) is 1.34. The van der Waals surface area contributed by atoms with Crippen LogP contribution in [0.2, 0.25) is 0 Å².